The largest absolute Gasteiger partial charge is 0.459 e. The maximum Gasteiger partial charge on any atom is 0.290 e. The zero-order valence-electron chi connectivity index (χ0n) is 17.8. The molecule has 1 atom stereocenters. The molecular weight excluding hydrogens is 414 g/mol. The SMILES string of the molecule is CC1CCc2c(sc(NC(=O)CN(C(=O)c3ccco3)C3CCCCC3)c2C(N)=O)C1. The number of carbonyl (C=O) groups excluding carboxylic acids is 3. The predicted molar refractivity (Wildman–Crippen MR) is 119 cm³/mol. The Labute approximate surface area is 186 Å². The van der Waals surface area contributed by atoms with Gasteiger partial charge in [-0.15, -0.1) is 11.3 Å². The van der Waals surface area contributed by atoms with E-state index in [0.29, 0.717) is 16.5 Å². The fraction of sp³-hybridized carbons (Fsp3) is 0.522. The van der Waals surface area contributed by atoms with Crippen molar-refractivity contribution < 1.29 is 18.8 Å². The molecule has 31 heavy (non-hydrogen) atoms. The Morgan fingerprint density at radius 2 is 2.00 bits per heavy atom. The molecule has 2 aliphatic carbocycles. The highest BCUT2D eigenvalue weighted by Gasteiger charge is 2.31. The van der Waals surface area contributed by atoms with Gasteiger partial charge in [0.2, 0.25) is 5.91 Å². The molecule has 0 aliphatic heterocycles. The van der Waals surface area contributed by atoms with Gasteiger partial charge in [-0.1, -0.05) is 26.2 Å². The Morgan fingerprint density at radius 1 is 1.23 bits per heavy atom. The summed E-state index contributed by atoms with van der Waals surface area (Å²) >= 11 is 1.44. The molecule has 0 aromatic carbocycles. The lowest BCUT2D eigenvalue weighted by atomic mass is 9.88. The van der Waals surface area contributed by atoms with Gasteiger partial charge < -0.3 is 20.4 Å². The van der Waals surface area contributed by atoms with Crippen molar-refractivity contribution in [3.8, 4) is 0 Å². The quantitative estimate of drug-likeness (QED) is 0.704. The van der Waals surface area contributed by atoms with E-state index in [-0.39, 0.29) is 30.2 Å². The summed E-state index contributed by atoms with van der Waals surface area (Å²) in [5.41, 5.74) is 7.07. The van der Waals surface area contributed by atoms with Crippen molar-refractivity contribution in [3.05, 3.63) is 40.2 Å². The van der Waals surface area contributed by atoms with Gasteiger partial charge in [-0.25, -0.2) is 0 Å². The first-order valence-corrected chi connectivity index (χ1v) is 11.8. The number of furan rings is 1. The van der Waals surface area contributed by atoms with E-state index in [1.807, 2.05) is 0 Å². The molecule has 8 heteroatoms. The number of hydrogen-bond donors (Lipinski definition) is 2. The van der Waals surface area contributed by atoms with E-state index >= 15 is 0 Å². The number of hydrogen-bond acceptors (Lipinski definition) is 5. The minimum Gasteiger partial charge on any atom is -0.459 e. The van der Waals surface area contributed by atoms with Crippen LogP contribution in [0.5, 0.6) is 0 Å². The van der Waals surface area contributed by atoms with Crippen LogP contribution in [0.15, 0.2) is 22.8 Å². The molecule has 166 valence electrons. The summed E-state index contributed by atoms with van der Waals surface area (Å²) < 4.78 is 5.30. The van der Waals surface area contributed by atoms with Gasteiger partial charge in [0.25, 0.3) is 11.8 Å². The Balaban J connectivity index is 1.54. The molecule has 1 fully saturated rings. The smallest absolute Gasteiger partial charge is 0.290 e. The van der Waals surface area contributed by atoms with Gasteiger partial charge in [-0.3, -0.25) is 14.4 Å². The summed E-state index contributed by atoms with van der Waals surface area (Å²) in [6.07, 6.45) is 9.12. The molecular formula is C23H29N3O4S. The topological polar surface area (TPSA) is 106 Å². The monoisotopic (exact) mass is 443 g/mol. The van der Waals surface area contributed by atoms with E-state index in [0.717, 1.165) is 61.8 Å². The van der Waals surface area contributed by atoms with Gasteiger partial charge in [0.05, 0.1) is 11.8 Å². The minimum atomic E-state index is -0.516. The van der Waals surface area contributed by atoms with Crippen molar-refractivity contribution >= 4 is 34.1 Å². The van der Waals surface area contributed by atoms with Crippen LogP contribution in [0.2, 0.25) is 0 Å². The maximum absolute atomic E-state index is 13.0. The van der Waals surface area contributed by atoms with E-state index in [1.54, 1.807) is 17.0 Å². The number of amides is 3. The summed E-state index contributed by atoms with van der Waals surface area (Å²) in [5.74, 6) is -0.334. The molecule has 2 aromatic rings. The van der Waals surface area contributed by atoms with Gasteiger partial charge in [0.1, 0.15) is 11.5 Å². The lowest BCUT2D eigenvalue weighted by molar-refractivity contribution is -0.117. The number of thiophene rings is 1. The van der Waals surface area contributed by atoms with E-state index in [2.05, 4.69) is 12.2 Å². The van der Waals surface area contributed by atoms with Crippen LogP contribution in [0.3, 0.4) is 0 Å². The third kappa shape index (κ3) is 4.69. The molecule has 2 aromatic heterocycles. The summed E-state index contributed by atoms with van der Waals surface area (Å²) in [5, 5.41) is 3.39. The Morgan fingerprint density at radius 3 is 2.68 bits per heavy atom. The highest BCUT2D eigenvalue weighted by Crippen LogP contribution is 2.39. The number of primary amides is 1. The van der Waals surface area contributed by atoms with Crippen LogP contribution in [-0.2, 0) is 17.6 Å². The van der Waals surface area contributed by atoms with Crippen LogP contribution in [0.25, 0.3) is 0 Å². The molecule has 2 heterocycles. The maximum atomic E-state index is 13.0. The van der Waals surface area contributed by atoms with Crippen molar-refractivity contribution in [2.45, 2.75) is 64.3 Å². The van der Waals surface area contributed by atoms with Crippen LogP contribution < -0.4 is 11.1 Å². The normalized spacial score (nSPS) is 18.9. The number of nitrogens with zero attached hydrogens (tertiary/aromatic N) is 1. The Kier molecular flexibility index (Phi) is 6.46. The van der Waals surface area contributed by atoms with Crippen molar-refractivity contribution in [1.82, 2.24) is 4.90 Å². The fourth-order valence-corrected chi connectivity index (χ4v) is 6.15. The van der Waals surface area contributed by atoms with Gasteiger partial charge in [-0.05, 0) is 55.7 Å². The average Bonchev–Trinajstić information content (AvgIpc) is 3.39. The molecule has 0 saturated heterocycles. The molecule has 0 bridgehead atoms. The molecule has 1 saturated carbocycles. The first-order valence-electron chi connectivity index (χ1n) is 11.0. The van der Waals surface area contributed by atoms with E-state index in [9.17, 15) is 14.4 Å². The fourth-order valence-electron chi connectivity index (χ4n) is 4.72. The van der Waals surface area contributed by atoms with Crippen molar-refractivity contribution in [3.63, 3.8) is 0 Å². The van der Waals surface area contributed by atoms with Crippen molar-refractivity contribution in [2.75, 3.05) is 11.9 Å². The summed E-state index contributed by atoms with van der Waals surface area (Å²) in [6.45, 7) is 2.11. The minimum absolute atomic E-state index is 0.00472. The van der Waals surface area contributed by atoms with Gasteiger partial charge in [-0.2, -0.15) is 0 Å². The van der Waals surface area contributed by atoms with Gasteiger partial charge >= 0.3 is 0 Å². The molecule has 0 spiro atoms. The van der Waals surface area contributed by atoms with Crippen molar-refractivity contribution in [2.24, 2.45) is 11.7 Å². The molecule has 1 unspecified atom stereocenters. The van der Waals surface area contributed by atoms with Gasteiger partial charge in [0.15, 0.2) is 5.76 Å². The Hall–Kier alpha value is -2.61. The van der Waals surface area contributed by atoms with Crippen molar-refractivity contribution in [1.29, 1.82) is 0 Å². The summed E-state index contributed by atoms with van der Waals surface area (Å²) in [6, 6.07) is 3.29. The molecule has 3 amide bonds. The second-order valence-corrected chi connectivity index (χ2v) is 9.78. The average molecular weight is 444 g/mol. The highest BCUT2D eigenvalue weighted by molar-refractivity contribution is 7.17. The number of anilines is 1. The van der Waals surface area contributed by atoms with Crippen LogP contribution >= 0.6 is 11.3 Å². The zero-order chi connectivity index (χ0) is 22.0. The van der Waals surface area contributed by atoms with E-state index in [4.69, 9.17) is 10.2 Å². The first-order chi connectivity index (χ1) is 14.9. The number of rotatable bonds is 6. The first kappa shape index (κ1) is 21.6. The second kappa shape index (κ2) is 9.26. The zero-order valence-corrected chi connectivity index (χ0v) is 18.6. The van der Waals surface area contributed by atoms with E-state index < -0.39 is 5.91 Å². The lowest BCUT2D eigenvalue weighted by Gasteiger charge is -2.33. The Bertz CT molecular complexity index is 960. The molecule has 4 rings (SSSR count). The van der Waals surface area contributed by atoms with Crippen LogP contribution in [0, 0.1) is 5.92 Å². The van der Waals surface area contributed by atoms with Crippen LogP contribution in [0.1, 0.15) is 76.8 Å². The molecule has 0 radical (unpaired) electrons. The van der Waals surface area contributed by atoms with Gasteiger partial charge in [0, 0.05) is 10.9 Å². The summed E-state index contributed by atoms with van der Waals surface area (Å²) in [7, 11) is 0. The highest BCUT2D eigenvalue weighted by atomic mass is 32.1. The van der Waals surface area contributed by atoms with Crippen LogP contribution in [0.4, 0.5) is 5.00 Å². The molecule has 2 aliphatic rings. The number of nitrogens with one attached hydrogen (secondary N) is 1. The second-order valence-electron chi connectivity index (χ2n) is 8.67. The molecule has 3 N–H and O–H groups in total. The summed E-state index contributed by atoms with van der Waals surface area (Å²) in [4.78, 5) is 40.9. The standard InChI is InChI=1S/C23H29N3O4S/c1-14-9-10-16-18(12-14)31-22(20(16)21(24)28)25-19(27)13-26(15-6-3-2-4-7-15)23(29)17-8-5-11-30-17/h5,8,11,14-15H,2-4,6-7,9-10,12-13H2,1H3,(H2,24,28)(H,25,27). The number of nitrogens with two attached hydrogens (primary N) is 1. The number of fused-ring (bicyclic) bond motifs is 1. The predicted octanol–water partition coefficient (Wildman–Crippen LogP) is 3.98. The van der Waals surface area contributed by atoms with Crippen LogP contribution in [-0.4, -0.2) is 35.2 Å². The van der Waals surface area contributed by atoms with E-state index in [1.165, 1.54) is 17.6 Å². The lowest BCUT2D eigenvalue weighted by Crippen LogP contribution is -2.45. The number of carbonyl (C=O) groups is 3. The third-order valence-electron chi connectivity index (χ3n) is 6.33. The third-order valence-corrected chi connectivity index (χ3v) is 7.50. The molecule has 7 nitrogen and oxygen atoms in total.